The molecule has 0 aliphatic heterocycles. The van der Waals surface area contributed by atoms with Crippen LogP contribution in [0.25, 0.3) is 0 Å². The molecule has 126 valence electrons. The van der Waals surface area contributed by atoms with E-state index in [-0.39, 0.29) is 0 Å². The molecule has 0 amide bonds. The second-order valence-electron chi connectivity index (χ2n) is 5.33. The van der Waals surface area contributed by atoms with Gasteiger partial charge in [-0.15, -0.1) is 0 Å². The Morgan fingerprint density at radius 1 is 0.864 bits per heavy atom. The van der Waals surface area contributed by atoms with E-state index in [1.54, 1.807) is 12.1 Å². The van der Waals surface area contributed by atoms with Crippen LogP contribution in [0.5, 0.6) is 5.75 Å². The fourth-order valence-electron chi connectivity index (χ4n) is 2.20. The van der Waals surface area contributed by atoms with Gasteiger partial charge in [0.05, 0.1) is 15.1 Å². The lowest BCUT2D eigenvalue weighted by atomic mass is 10.2. The van der Waals surface area contributed by atoms with E-state index in [0.29, 0.717) is 20.8 Å². The zero-order valence-electron chi connectivity index (χ0n) is 13.6. The minimum absolute atomic E-state index is 0.430. The first-order chi connectivity index (χ1) is 10.5. The number of unbranched alkanes of at least 4 members (excludes halogenated alkanes) is 3. The molecule has 0 aliphatic carbocycles. The lowest BCUT2D eigenvalue weighted by Gasteiger charge is -2.30. The molecule has 0 spiro atoms. The second-order valence-corrected chi connectivity index (χ2v) is 10.3. The normalized spacial score (nSPS) is 11.7. The van der Waals surface area contributed by atoms with E-state index in [9.17, 15) is 0 Å². The van der Waals surface area contributed by atoms with Gasteiger partial charge in [-0.05, 0) is 24.6 Å². The van der Waals surface area contributed by atoms with Gasteiger partial charge in [0, 0.05) is 12.7 Å². The highest BCUT2D eigenvalue weighted by Gasteiger charge is 2.36. The Labute approximate surface area is 150 Å². The molecule has 0 heterocycles. The summed E-state index contributed by atoms with van der Waals surface area (Å²) in [5, 5.41) is 1.35. The van der Waals surface area contributed by atoms with E-state index in [1.165, 1.54) is 19.3 Å². The number of rotatable bonds is 10. The van der Waals surface area contributed by atoms with E-state index >= 15 is 0 Å². The van der Waals surface area contributed by atoms with Crippen molar-refractivity contribution in [1.29, 1.82) is 0 Å². The van der Waals surface area contributed by atoms with E-state index in [2.05, 4.69) is 20.8 Å². The lowest BCUT2D eigenvalue weighted by molar-refractivity contribution is 0.231. The summed E-state index contributed by atoms with van der Waals surface area (Å²) in [6, 6.07) is 5.04. The molecule has 0 unspecified atom stereocenters. The minimum Gasteiger partial charge on any atom is -0.519 e. The zero-order chi connectivity index (χ0) is 16.6. The highest BCUT2D eigenvalue weighted by Crippen LogP contribution is 2.36. The third kappa shape index (κ3) is 5.93. The van der Waals surface area contributed by atoms with Crippen molar-refractivity contribution in [1.82, 2.24) is 0 Å². The molecule has 22 heavy (non-hydrogen) atoms. The molecule has 6 heteroatoms. The molecule has 0 saturated heterocycles. The maximum absolute atomic E-state index is 6.22. The van der Waals surface area contributed by atoms with Crippen molar-refractivity contribution >= 4 is 43.4 Å². The Morgan fingerprint density at radius 2 is 1.50 bits per heavy atom. The molecule has 2 nitrogen and oxygen atoms in total. The van der Waals surface area contributed by atoms with Crippen LogP contribution in [-0.2, 0) is 4.43 Å². The van der Waals surface area contributed by atoms with E-state index in [1.807, 2.05) is 0 Å². The molecular weight excluding hydrogens is 359 g/mol. The Morgan fingerprint density at radius 3 is 2.09 bits per heavy atom. The Balaban J connectivity index is 2.76. The quantitative estimate of drug-likeness (QED) is 0.243. The molecule has 1 aromatic rings. The van der Waals surface area contributed by atoms with Gasteiger partial charge in [-0.25, -0.2) is 0 Å². The van der Waals surface area contributed by atoms with Crippen molar-refractivity contribution in [3.8, 4) is 5.75 Å². The molecule has 1 rings (SSSR count). The van der Waals surface area contributed by atoms with Gasteiger partial charge < -0.3 is 8.85 Å². The molecule has 0 N–H and O–H groups in total. The Kier molecular flexibility index (Phi) is 9.18. The van der Waals surface area contributed by atoms with Crippen molar-refractivity contribution in [3.63, 3.8) is 0 Å². The van der Waals surface area contributed by atoms with Gasteiger partial charge in [-0.2, -0.15) is 0 Å². The third-order valence-electron chi connectivity index (χ3n) is 3.71. The summed E-state index contributed by atoms with van der Waals surface area (Å²) >= 11 is 18.3. The molecule has 0 radical (unpaired) electrons. The first-order valence-electron chi connectivity index (χ1n) is 7.95. The fraction of sp³-hybridized carbons (Fsp3) is 0.625. The van der Waals surface area contributed by atoms with Crippen molar-refractivity contribution in [2.75, 3.05) is 6.61 Å². The van der Waals surface area contributed by atoms with Crippen LogP contribution in [-0.4, -0.2) is 15.2 Å². The zero-order valence-corrected chi connectivity index (χ0v) is 16.8. The molecule has 0 aliphatic rings. The van der Waals surface area contributed by atoms with Crippen LogP contribution in [0.2, 0.25) is 27.2 Å². The summed E-state index contributed by atoms with van der Waals surface area (Å²) in [7, 11) is -2.30. The monoisotopic (exact) mass is 382 g/mol. The molecule has 0 aromatic heterocycles. The Bertz CT molecular complexity index is 465. The average Bonchev–Trinajstić information content (AvgIpc) is 2.51. The summed E-state index contributed by atoms with van der Waals surface area (Å²) < 4.78 is 12.4. The van der Waals surface area contributed by atoms with Crippen LogP contribution < -0.4 is 4.43 Å². The number of hydrogen-bond acceptors (Lipinski definition) is 2. The molecule has 0 saturated carbocycles. The predicted octanol–water partition coefficient (Wildman–Crippen LogP) is 7.10. The fourth-order valence-corrected chi connectivity index (χ4v) is 5.18. The van der Waals surface area contributed by atoms with Crippen LogP contribution >= 0.6 is 34.8 Å². The van der Waals surface area contributed by atoms with Crippen molar-refractivity contribution in [3.05, 3.63) is 27.2 Å². The summed E-state index contributed by atoms with van der Waals surface area (Å²) in [4.78, 5) is 0. The van der Waals surface area contributed by atoms with E-state index in [4.69, 9.17) is 43.7 Å². The summed E-state index contributed by atoms with van der Waals surface area (Å²) in [6.07, 6.45) is 4.73. The molecule has 0 bridgehead atoms. The van der Waals surface area contributed by atoms with Crippen LogP contribution in [0.4, 0.5) is 0 Å². The summed E-state index contributed by atoms with van der Waals surface area (Å²) in [5.41, 5.74) is 0. The van der Waals surface area contributed by atoms with Gasteiger partial charge in [0.25, 0.3) is 0 Å². The SMILES string of the molecule is CCCCCCO[Si](CC)(CC)Oc1cc(Cl)c(Cl)cc1Cl. The second kappa shape index (κ2) is 10.0. The molecule has 1 aromatic carbocycles. The van der Waals surface area contributed by atoms with Crippen LogP contribution in [0.15, 0.2) is 12.1 Å². The van der Waals surface area contributed by atoms with Crippen molar-refractivity contribution in [2.45, 2.75) is 58.5 Å². The molecule has 0 atom stereocenters. The lowest BCUT2D eigenvalue weighted by Crippen LogP contribution is -2.44. The van der Waals surface area contributed by atoms with Crippen molar-refractivity contribution in [2.24, 2.45) is 0 Å². The highest BCUT2D eigenvalue weighted by atomic mass is 35.5. The Hall–Kier alpha value is 0.0669. The van der Waals surface area contributed by atoms with Gasteiger partial charge >= 0.3 is 8.56 Å². The maximum atomic E-state index is 6.22. The van der Waals surface area contributed by atoms with Gasteiger partial charge in [0.15, 0.2) is 0 Å². The van der Waals surface area contributed by atoms with Gasteiger partial charge in [0.2, 0.25) is 0 Å². The number of benzene rings is 1. The third-order valence-corrected chi connectivity index (χ3v) is 8.21. The highest BCUT2D eigenvalue weighted by molar-refractivity contribution is 6.68. The van der Waals surface area contributed by atoms with Gasteiger partial charge in [-0.3, -0.25) is 0 Å². The van der Waals surface area contributed by atoms with Crippen LogP contribution in [0.1, 0.15) is 46.5 Å². The van der Waals surface area contributed by atoms with Crippen molar-refractivity contribution < 1.29 is 8.85 Å². The largest absolute Gasteiger partial charge is 0.519 e. The maximum Gasteiger partial charge on any atom is 0.398 e. The van der Waals surface area contributed by atoms with E-state index < -0.39 is 8.56 Å². The minimum atomic E-state index is -2.30. The van der Waals surface area contributed by atoms with Crippen LogP contribution in [0.3, 0.4) is 0 Å². The van der Waals surface area contributed by atoms with E-state index in [0.717, 1.165) is 25.1 Å². The average molecular weight is 384 g/mol. The predicted molar refractivity (Wildman–Crippen MR) is 98.9 cm³/mol. The standard InChI is InChI=1S/C16H25Cl3O2Si/c1-4-7-8-9-10-20-22(5-2,6-3)21-16-12-14(18)13(17)11-15(16)19/h11-12H,4-10H2,1-3H3. The topological polar surface area (TPSA) is 18.5 Å². The summed E-state index contributed by atoms with van der Waals surface area (Å²) in [6.45, 7) is 7.15. The van der Waals surface area contributed by atoms with Crippen LogP contribution in [0, 0.1) is 0 Å². The smallest absolute Gasteiger partial charge is 0.398 e. The molecule has 0 fully saturated rings. The molecular formula is C16H25Cl3O2Si. The summed E-state index contributed by atoms with van der Waals surface area (Å²) in [5.74, 6) is 0.569. The van der Waals surface area contributed by atoms with Gasteiger partial charge in [-0.1, -0.05) is 74.8 Å². The first-order valence-corrected chi connectivity index (χ1v) is 11.3. The first kappa shape index (κ1) is 20.1. The van der Waals surface area contributed by atoms with Gasteiger partial charge in [0.1, 0.15) is 5.75 Å². The number of hydrogen-bond donors (Lipinski definition) is 0. The number of halogens is 3.